The SMILES string of the molecule is O=C(CSc1nnc(-c2ccc(Cl)cc2)n1-c1ccc(Cl)cc1)Nc1ccccc1F. The van der Waals surface area contributed by atoms with E-state index >= 15 is 0 Å². The largest absolute Gasteiger partial charge is 0.323 e. The number of halogens is 3. The van der Waals surface area contributed by atoms with Crippen molar-refractivity contribution in [1.29, 1.82) is 0 Å². The number of rotatable bonds is 6. The predicted octanol–water partition coefficient (Wildman–Crippen LogP) is 6.11. The number of para-hydroxylation sites is 1. The summed E-state index contributed by atoms with van der Waals surface area (Å²) >= 11 is 13.2. The molecule has 3 aromatic carbocycles. The molecule has 0 aliphatic carbocycles. The Morgan fingerprint density at radius 3 is 2.26 bits per heavy atom. The lowest BCUT2D eigenvalue weighted by atomic mass is 10.2. The van der Waals surface area contributed by atoms with Gasteiger partial charge >= 0.3 is 0 Å². The quantitative estimate of drug-likeness (QED) is 0.343. The maximum Gasteiger partial charge on any atom is 0.234 e. The second kappa shape index (κ2) is 9.51. The van der Waals surface area contributed by atoms with Gasteiger partial charge in [-0.1, -0.05) is 47.1 Å². The van der Waals surface area contributed by atoms with Gasteiger partial charge in [0.2, 0.25) is 5.91 Å². The lowest BCUT2D eigenvalue weighted by molar-refractivity contribution is -0.113. The molecule has 0 bridgehead atoms. The van der Waals surface area contributed by atoms with E-state index < -0.39 is 5.82 Å². The van der Waals surface area contributed by atoms with E-state index in [-0.39, 0.29) is 17.3 Å². The summed E-state index contributed by atoms with van der Waals surface area (Å²) in [6.07, 6.45) is 0. The number of carbonyl (C=O) groups is 1. The smallest absolute Gasteiger partial charge is 0.234 e. The molecule has 156 valence electrons. The third-order valence-electron chi connectivity index (χ3n) is 4.30. The number of benzene rings is 3. The van der Waals surface area contributed by atoms with Crippen LogP contribution >= 0.6 is 35.0 Å². The van der Waals surface area contributed by atoms with Crippen LogP contribution in [-0.2, 0) is 4.79 Å². The first kappa shape index (κ1) is 21.4. The number of amides is 1. The summed E-state index contributed by atoms with van der Waals surface area (Å²) in [4.78, 5) is 12.4. The highest BCUT2D eigenvalue weighted by Crippen LogP contribution is 2.29. The van der Waals surface area contributed by atoms with Crippen molar-refractivity contribution >= 4 is 46.6 Å². The Hall–Kier alpha value is -2.87. The lowest BCUT2D eigenvalue weighted by Gasteiger charge is -2.11. The van der Waals surface area contributed by atoms with E-state index in [1.54, 1.807) is 36.4 Å². The second-order valence-electron chi connectivity index (χ2n) is 6.44. The van der Waals surface area contributed by atoms with Crippen LogP contribution in [-0.4, -0.2) is 26.4 Å². The maximum absolute atomic E-state index is 13.8. The van der Waals surface area contributed by atoms with Crippen LogP contribution in [0.4, 0.5) is 10.1 Å². The molecular weight excluding hydrogens is 458 g/mol. The number of hydrogen-bond acceptors (Lipinski definition) is 4. The van der Waals surface area contributed by atoms with Gasteiger partial charge in [-0.3, -0.25) is 9.36 Å². The van der Waals surface area contributed by atoms with Crippen LogP contribution in [0.3, 0.4) is 0 Å². The Balaban J connectivity index is 1.61. The Bertz CT molecular complexity index is 1210. The standard InChI is InChI=1S/C22H15Cl2FN4OS/c23-15-7-5-14(6-8-15)21-27-28-22(29(21)17-11-9-16(24)10-12-17)31-13-20(30)26-19-4-2-1-3-18(19)25/h1-12H,13H2,(H,26,30). The van der Waals surface area contributed by atoms with Crippen molar-refractivity contribution in [2.24, 2.45) is 0 Å². The van der Waals surface area contributed by atoms with Crippen LogP contribution < -0.4 is 5.32 Å². The zero-order valence-electron chi connectivity index (χ0n) is 15.9. The number of carbonyl (C=O) groups excluding carboxylic acids is 1. The van der Waals surface area contributed by atoms with Gasteiger partial charge in [0.05, 0.1) is 11.4 Å². The van der Waals surface area contributed by atoms with E-state index in [0.29, 0.717) is 21.0 Å². The van der Waals surface area contributed by atoms with Crippen molar-refractivity contribution in [3.05, 3.63) is 88.7 Å². The highest BCUT2D eigenvalue weighted by molar-refractivity contribution is 7.99. The molecule has 31 heavy (non-hydrogen) atoms. The van der Waals surface area contributed by atoms with E-state index in [0.717, 1.165) is 11.3 Å². The molecular formula is C22H15Cl2FN4OS. The van der Waals surface area contributed by atoms with Gasteiger partial charge in [-0.25, -0.2) is 4.39 Å². The topological polar surface area (TPSA) is 59.8 Å². The van der Waals surface area contributed by atoms with E-state index in [1.807, 2.05) is 28.8 Å². The number of thioether (sulfide) groups is 1. The van der Waals surface area contributed by atoms with Gasteiger partial charge < -0.3 is 5.32 Å². The van der Waals surface area contributed by atoms with Crippen LogP contribution in [0.25, 0.3) is 17.1 Å². The van der Waals surface area contributed by atoms with Crippen LogP contribution in [0.15, 0.2) is 78.0 Å². The molecule has 1 heterocycles. The molecule has 0 unspecified atom stereocenters. The van der Waals surface area contributed by atoms with Gasteiger partial charge in [0.1, 0.15) is 5.82 Å². The molecule has 0 atom stereocenters. The van der Waals surface area contributed by atoms with Crippen molar-refractivity contribution < 1.29 is 9.18 Å². The molecule has 0 aliphatic heterocycles. The van der Waals surface area contributed by atoms with Gasteiger partial charge in [-0.05, 0) is 60.7 Å². The number of aromatic nitrogens is 3. The van der Waals surface area contributed by atoms with Gasteiger partial charge in [0.15, 0.2) is 11.0 Å². The molecule has 1 amide bonds. The summed E-state index contributed by atoms with van der Waals surface area (Å²) in [5.41, 5.74) is 1.74. The summed E-state index contributed by atoms with van der Waals surface area (Å²) in [6, 6.07) is 20.5. The van der Waals surface area contributed by atoms with E-state index in [1.165, 1.54) is 23.9 Å². The number of anilines is 1. The van der Waals surface area contributed by atoms with Crippen LogP contribution in [0.1, 0.15) is 0 Å². The van der Waals surface area contributed by atoms with Crippen LogP contribution in [0.2, 0.25) is 10.0 Å². The van der Waals surface area contributed by atoms with Crippen molar-refractivity contribution in [3.8, 4) is 17.1 Å². The third-order valence-corrected chi connectivity index (χ3v) is 5.73. The van der Waals surface area contributed by atoms with Crippen molar-refractivity contribution in [2.45, 2.75) is 5.16 Å². The van der Waals surface area contributed by atoms with Gasteiger partial charge in [-0.15, -0.1) is 10.2 Å². The van der Waals surface area contributed by atoms with Gasteiger partial charge in [0.25, 0.3) is 0 Å². The van der Waals surface area contributed by atoms with Gasteiger partial charge in [-0.2, -0.15) is 0 Å². The first-order valence-electron chi connectivity index (χ1n) is 9.16. The first-order valence-corrected chi connectivity index (χ1v) is 10.9. The average Bonchev–Trinajstić information content (AvgIpc) is 3.19. The molecule has 1 N–H and O–H groups in total. The number of nitrogens with one attached hydrogen (secondary N) is 1. The van der Waals surface area contributed by atoms with E-state index in [2.05, 4.69) is 15.5 Å². The Kier molecular flexibility index (Phi) is 6.56. The van der Waals surface area contributed by atoms with Crippen molar-refractivity contribution in [3.63, 3.8) is 0 Å². The Morgan fingerprint density at radius 1 is 0.935 bits per heavy atom. The molecule has 9 heteroatoms. The van der Waals surface area contributed by atoms with Crippen LogP contribution in [0, 0.1) is 5.82 Å². The fourth-order valence-corrected chi connectivity index (χ4v) is 3.86. The minimum absolute atomic E-state index is 0.0284. The highest BCUT2D eigenvalue weighted by atomic mass is 35.5. The van der Waals surface area contributed by atoms with Crippen molar-refractivity contribution in [2.75, 3.05) is 11.1 Å². The summed E-state index contributed by atoms with van der Waals surface area (Å²) in [6.45, 7) is 0. The van der Waals surface area contributed by atoms with Crippen molar-refractivity contribution in [1.82, 2.24) is 14.8 Å². The molecule has 0 fully saturated rings. The maximum atomic E-state index is 13.8. The number of nitrogens with zero attached hydrogens (tertiary/aromatic N) is 3. The Morgan fingerprint density at radius 2 is 1.58 bits per heavy atom. The molecule has 4 rings (SSSR count). The zero-order valence-corrected chi connectivity index (χ0v) is 18.3. The predicted molar refractivity (Wildman–Crippen MR) is 123 cm³/mol. The summed E-state index contributed by atoms with van der Waals surface area (Å²) in [5.74, 6) is -0.222. The monoisotopic (exact) mass is 472 g/mol. The molecule has 1 aromatic heterocycles. The fourth-order valence-electron chi connectivity index (χ4n) is 2.85. The van der Waals surface area contributed by atoms with Gasteiger partial charge in [0, 0.05) is 21.3 Å². The summed E-state index contributed by atoms with van der Waals surface area (Å²) < 4.78 is 15.6. The minimum Gasteiger partial charge on any atom is -0.323 e. The second-order valence-corrected chi connectivity index (χ2v) is 8.26. The Labute approximate surface area is 192 Å². The molecule has 0 saturated heterocycles. The summed E-state index contributed by atoms with van der Waals surface area (Å²) in [7, 11) is 0. The van der Waals surface area contributed by atoms with E-state index in [9.17, 15) is 9.18 Å². The molecule has 5 nitrogen and oxygen atoms in total. The zero-order chi connectivity index (χ0) is 21.8. The molecule has 0 aliphatic rings. The normalized spacial score (nSPS) is 10.8. The minimum atomic E-state index is -0.491. The van der Waals surface area contributed by atoms with E-state index in [4.69, 9.17) is 23.2 Å². The first-order chi connectivity index (χ1) is 15.0. The van der Waals surface area contributed by atoms with Crippen LogP contribution in [0.5, 0.6) is 0 Å². The molecule has 0 spiro atoms. The average molecular weight is 473 g/mol. The summed E-state index contributed by atoms with van der Waals surface area (Å²) in [5, 5.41) is 12.9. The number of hydrogen-bond donors (Lipinski definition) is 1. The molecule has 0 radical (unpaired) electrons. The lowest BCUT2D eigenvalue weighted by Crippen LogP contribution is -2.15. The fraction of sp³-hybridized carbons (Fsp3) is 0.0455. The third kappa shape index (κ3) is 5.07. The molecule has 0 saturated carbocycles. The molecule has 4 aromatic rings. The highest BCUT2D eigenvalue weighted by Gasteiger charge is 2.18.